The quantitative estimate of drug-likeness (QED) is 0.699. The van der Waals surface area contributed by atoms with Gasteiger partial charge in [-0.25, -0.2) is 0 Å². The molecule has 1 amide bonds. The zero-order chi connectivity index (χ0) is 11.2. The van der Waals surface area contributed by atoms with E-state index in [1.807, 2.05) is 4.90 Å². The molecular formula is C12H23N3O. The predicted molar refractivity (Wildman–Crippen MR) is 64.3 cm³/mol. The van der Waals surface area contributed by atoms with Crippen molar-refractivity contribution < 1.29 is 4.79 Å². The number of carbonyl (C=O) groups is 1. The molecule has 16 heavy (non-hydrogen) atoms. The highest BCUT2D eigenvalue weighted by Gasteiger charge is 2.21. The molecule has 0 bridgehead atoms. The highest BCUT2D eigenvalue weighted by molar-refractivity contribution is 5.47. The van der Waals surface area contributed by atoms with Crippen molar-refractivity contribution in [3.63, 3.8) is 0 Å². The standard InChI is InChI=1S/C12H23N3O/c16-11-15-7-2-1-3-12(15)4-8-14-9-5-13-6-10-14/h11-13H,1-10H2. The van der Waals surface area contributed by atoms with Gasteiger partial charge in [-0.1, -0.05) is 0 Å². The number of nitrogens with one attached hydrogen (secondary N) is 1. The minimum atomic E-state index is 0.501. The molecule has 0 spiro atoms. The molecule has 1 unspecified atom stereocenters. The molecule has 0 aromatic carbocycles. The van der Waals surface area contributed by atoms with Crippen LogP contribution in [0.5, 0.6) is 0 Å². The fourth-order valence-electron chi connectivity index (χ4n) is 2.74. The van der Waals surface area contributed by atoms with Crippen molar-refractivity contribution in [2.75, 3.05) is 39.3 Å². The van der Waals surface area contributed by atoms with E-state index < -0.39 is 0 Å². The Balaban J connectivity index is 1.72. The molecule has 0 aliphatic carbocycles. The lowest BCUT2D eigenvalue weighted by molar-refractivity contribution is -0.121. The van der Waals surface area contributed by atoms with E-state index in [-0.39, 0.29) is 0 Å². The summed E-state index contributed by atoms with van der Waals surface area (Å²) in [5, 5.41) is 3.36. The molecule has 2 aliphatic rings. The van der Waals surface area contributed by atoms with Gasteiger partial charge in [0.05, 0.1) is 0 Å². The highest BCUT2D eigenvalue weighted by atomic mass is 16.1. The molecule has 2 heterocycles. The van der Waals surface area contributed by atoms with Gasteiger partial charge in [0.25, 0.3) is 0 Å². The molecule has 0 radical (unpaired) electrons. The van der Waals surface area contributed by atoms with Crippen molar-refractivity contribution in [1.82, 2.24) is 15.1 Å². The Kier molecular flexibility index (Phi) is 4.60. The third-order valence-electron chi connectivity index (χ3n) is 3.80. The number of piperidine rings is 1. The number of hydrogen-bond acceptors (Lipinski definition) is 3. The van der Waals surface area contributed by atoms with Crippen LogP contribution in [0.1, 0.15) is 25.7 Å². The molecular weight excluding hydrogens is 202 g/mol. The molecule has 2 rings (SSSR count). The van der Waals surface area contributed by atoms with Crippen LogP contribution in [-0.4, -0.2) is 61.5 Å². The molecule has 0 aromatic heterocycles. The lowest BCUT2D eigenvalue weighted by Gasteiger charge is -2.35. The van der Waals surface area contributed by atoms with E-state index in [1.165, 1.54) is 19.3 Å². The SMILES string of the molecule is O=CN1CCCCC1CCN1CCNCC1. The first-order valence-electron chi connectivity index (χ1n) is 6.54. The summed E-state index contributed by atoms with van der Waals surface area (Å²) in [7, 11) is 0. The second-order valence-corrected chi connectivity index (χ2v) is 4.87. The summed E-state index contributed by atoms with van der Waals surface area (Å²) in [4.78, 5) is 15.4. The van der Waals surface area contributed by atoms with Crippen molar-refractivity contribution in [3.8, 4) is 0 Å². The molecule has 4 heteroatoms. The van der Waals surface area contributed by atoms with E-state index in [1.54, 1.807) is 0 Å². The molecule has 2 saturated heterocycles. The zero-order valence-electron chi connectivity index (χ0n) is 10.0. The molecule has 2 aliphatic heterocycles. The van der Waals surface area contributed by atoms with Gasteiger partial charge in [-0.15, -0.1) is 0 Å². The first-order chi connectivity index (χ1) is 7.90. The Hall–Kier alpha value is -0.610. The van der Waals surface area contributed by atoms with Crippen LogP contribution < -0.4 is 5.32 Å². The Morgan fingerprint density at radius 2 is 2.00 bits per heavy atom. The van der Waals surface area contributed by atoms with E-state index in [0.29, 0.717) is 6.04 Å². The summed E-state index contributed by atoms with van der Waals surface area (Å²) >= 11 is 0. The van der Waals surface area contributed by atoms with E-state index in [9.17, 15) is 4.79 Å². The van der Waals surface area contributed by atoms with E-state index in [0.717, 1.165) is 52.1 Å². The smallest absolute Gasteiger partial charge is 0.209 e. The van der Waals surface area contributed by atoms with Gasteiger partial charge < -0.3 is 15.1 Å². The van der Waals surface area contributed by atoms with Crippen LogP contribution >= 0.6 is 0 Å². The van der Waals surface area contributed by atoms with Gasteiger partial charge in [0.2, 0.25) is 6.41 Å². The first-order valence-corrected chi connectivity index (χ1v) is 6.54. The van der Waals surface area contributed by atoms with Crippen molar-refractivity contribution >= 4 is 6.41 Å². The summed E-state index contributed by atoms with van der Waals surface area (Å²) in [5.41, 5.74) is 0. The largest absolute Gasteiger partial charge is 0.342 e. The van der Waals surface area contributed by atoms with Crippen LogP contribution in [0.3, 0.4) is 0 Å². The monoisotopic (exact) mass is 225 g/mol. The number of piperazine rings is 1. The number of likely N-dealkylation sites (tertiary alicyclic amines) is 1. The van der Waals surface area contributed by atoms with E-state index >= 15 is 0 Å². The number of nitrogens with zero attached hydrogens (tertiary/aromatic N) is 2. The van der Waals surface area contributed by atoms with Crippen molar-refractivity contribution in [2.45, 2.75) is 31.7 Å². The van der Waals surface area contributed by atoms with Crippen LogP contribution in [0.25, 0.3) is 0 Å². The topological polar surface area (TPSA) is 35.6 Å². The maximum Gasteiger partial charge on any atom is 0.209 e. The fourth-order valence-corrected chi connectivity index (χ4v) is 2.74. The maximum absolute atomic E-state index is 10.9. The zero-order valence-corrected chi connectivity index (χ0v) is 10.0. The molecule has 0 aromatic rings. The van der Waals surface area contributed by atoms with Gasteiger partial charge in [0.15, 0.2) is 0 Å². The molecule has 0 saturated carbocycles. The predicted octanol–water partition coefficient (Wildman–Crippen LogP) is 0.293. The molecule has 2 fully saturated rings. The minimum Gasteiger partial charge on any atom is -0.342 e. The van der Waals surface area contributed by atoms with Crippen LogP contribution in [0, 0.1) is 0 Å². The summed E-state index contributed by atoms with van der Waals surface area (Å²) in [6.07, 6.45) is 5.87. The van der Waals surface area contributed by atoms with Crippen molar-refractivity contribution in [3.05, 3.63) is 0 Å². The van der Waals surface area contributed by atoms with Crippen LogP contribution in [0.2, 0.25) is 0 Å². The van der Waals surface area contributed by atoms with Gasteiger partial charge in [-0.3, -0.25) is 4.79 Å². The first kappa shape index (κ1) is 11.9. The van der Waals surface area contributed by atoms with Crippen LogP contribution in [-0.2, 0) is 4.79 Å². The molecule has 1 atom stereocenters. The van der Waals surface area contributed by atoms with Gasteiger partial charge >= 0.3 is 0 Å². The highest BCUT2D eigenvalue weighted by Crippen LogP contribution is 2.18. The van der Waals surface area contributed by atoms with Crippen LogP contribution in [0.15, 0.2) is 0 Å². The average Bonchev–Trinajstić information content (AvgIpc) is 2.38. The third kappa shape index (κ3) is 3.19. The average molecular weight is 225 g/mol. The van der Waals surface area contributed by atoms with Crippen LogP contribution in [0.4, 0.5) is 0 Å². The van der Waals surface area contributed by atoms with Crippen molar-refractivity contribution in [1.29, 1.82) is 0 Å². The van der Waals surface area contributed by atoms with E-state index in [2.05, 4.69) is 10.2 Å². The van der Waals surface area contributed by atoms with Gasteiger partial charge in [0, 0.05) is 45.3 Å². The molecule has 4 nitrogen and oxygen atoms in total. The lowest BCUT2D eigenvalue weighted by Crippen LogP contribution is -2.46. The Bertz CT molecular complexity index is 216. The van der Waals surface area contributed by atoms with Crippen molar-refractivity contribution in [2.24, 2.45) is 0 Å². The summed E-state index contributed by atoms with van der Waals surface area (Å²) < 4.78 is 0. The van der Waals surface area contributed by atoms with Gasteiger partial charge in [0.1, 0.15) is 0 Å². The van der Waals surface area contributed by atoms with Gasteiger partial charge in [-0.05, 0) is 25.7 Å². The van der Waals surface area contributed by atoms with E-state index in [4.69, 9.17) is 0 Å². The summed E-state index contributed by atoms with van der Waals surface area (Å²) in [6.45, 7) is 6.66. The Morgan fingerprint density at radius 1 is 1.19 bits per heavy atom. The molecule has 92 valence electrons. The summed E-state index contributed by atoms with van der Waals surface area (Å²) in [6, 6.07) is 0.501. The van der Waals surface area contributed by atoms with Gasteiger partial charge in [-0.2, -0.15) is 0 Å². The normalized spacial score (nSPS) is 28.0. The fraction of sp³-hybridized carbons (Fsp3) is 0.917. The Labute approximate surface area is 98.0 Å². The minimum absolute atomic E-state index is 0.501. The second-order valence-electron chi connectivity index (χ2n) is 4.87. The number of hydrogen-bond donors (Lipinski definition) is 1. The Morgan fingerprint density at radius 3 is 2.75 bits per heavy atom. The number of rotatable bonds is 4. The lowest BCUT2D eigenvalue weighted by atomic mass is 10.00. The number of carbonyl (C=O) groups excluding carboxylic acids is 1. The number of amides is 1. The third-order valence-corrected chi connectivity index (χ3v) is 3.80. The molecule has 1 N–H and O–H groups in total. The summed E-state index contributed by atoms with van der Waals surface area (Å²) in [5.74, 6) is 0. The maximum atomic E-state index is 10.9. The second kappa shape index (κ2) is 6.21.